The predicted octanol–water partition coefficient (Wildman–Crippen LogP) is 4.28. The molecule has 4 rings (SSSR count). The Hall–Kier alpha value is -1.92. The van der Waals surface area contributed by atoms with E-state index < -0.39 is 0 Å². The molecule has 0 amide bonds. The number of aromatic nitrogens is 1. The molecule has 0 radical (unpaired) electrons. The molecule has 1 atom stereocenters. The maximum atomic E-state index is 12.1. The van der Waals surface area contributed by atoms with Gasteiger partial charge in [0.15, 0.2) is 0 Å². The summed E-state index contributed by atoms with van der Waals surface area (Å²) in [6, 6.07) is 5.54. The van der Waals surface area contributed by atoms with Gasteiger partial charge in [0, 0.05) is 29.2 Å². The monoisotopic (exact) mass is 373 g/mol. The van der Waals surface area contributed by atoms with Crippen molar-refractivity contribution in [3.63, 3.8) is 0 Å². The second kappa shape index (κ2) is 7.76. The molecule has 0 bridgehead atoms. The first kappa shape index (κ1) is 17.5. The van der Waals surface area contributed by atoms with Crippen LogP contribution in [-0.2, 0) is 9.47 Å². The number of rotatable bonds is 6. The molecule has 2 fully saturated rings. The topological polar surface area (TPSA) is 57.7 Å². The highest BCUT2D eigenvalue weighted by Crippen LogP contribution is 2.41. The standard InChI is InChI=1S/C20H23NO4S/c1-23-20(22)16-7-15(19-21-10-18(26-19)14-3-2-4-14)8-17(9-16)25-12-13-5-6-24-11-13/h7-10,13-14H,2-6,11-12H2,1H3/t13-/m0/s1. The number of ether oxygens (including phenoxy) is 3. The molecule has 5 nitrogen and oxygen atoms in total. The van der Waals surface area contributed by atoms with Gasteiger partial charge in [-0.05, 0) is 43.4 Å². The lowest BCUT2D eigenvalue weighted by atomic mass is 9.85. The van der Waals surface area contributed by atoms with Crippen molar-refractivity contribution in [1.29, 1.82) is 0 Å². The zero-order valence-corrected chi connectivity index (χ0v) is 15.7. The average molecular weight is 373 g/mol. The normalized spacial score (nSPS) is 20.0. The predicted molar refractivity (Wildman–Crippen MR) is 99.9 cm³/mol. The number of carbonyl (C=O) groups excluding carboxylic acids is 1. The maximum absolute atomic E-state index is 12.1. The van der Waals surface area contributed by atoms with Crippen LogP contribution in [0.1, 0.15) is 46.8 Å². The Kier molecular flexibility index (Phi) is 5.22. The van der Waals surface area contributed by atoms with Gasteiger partial charge in [0.1, 0.15) is 10.8 Å². The van der Waals surface area contributed by atoms with Crippen LogP contribution in [0.25, 0.3) is 10.6 Å². The molecular weight excluding hydrogens is 350 g/mol. The molecule has 6 heteroatoms. The first-order valence-corrected chi connectivity index (χ1v) is 9.94. The molecule has 2 heterocycles. The van der Waals surface area contributed by atoms with Crippen molar-refractivity contribution < 1.29 is 19.0 Å². The number of thiazole rings is 1. The second-order valence-electron chi connectivity index (χ2n) is 6.97. The van der Waals surface area contributed by atoms with Crippen molar-refractivity contribution in [2.45, 2.75) is 31.6 Å². The van der Waals surface area contributed by atoms with E-state index in [2.05, 4.69) is 4.98 Å². The first-order valence-electron chi connectivity index (χ1n) is 9.13. The van der Waals surface area contributed by atoms with Crippen LogP contribution < -0.4 is 4.74 Å². The number of benzene rings is 1. The molecule has 138 valence electrons. The van der Waals surface area contributed by atoms with E-state index >= 15 is 0 Å². The van der Waals surface area contributed by atoms with Crippen LogP contribution in [0.15, 0.2) is 24.4 Å². The summed E-state index contributed by atoms with van der Waals surface area (Å²) >= 11 is 1.71. The van der Waals surface area contributed by atoms with E-state index in [0.29, 0.717) is 29.8 Å². The van der Waals surface area contributed by atoms with Crippen molar-refractivity contribution in [3.8, 4) is 16.3 Å². The number of esters is 1. The lowest BCUT2D eigenvalue weighted by Crippen LogP contribution is -2.12. The van der Waals surface area contributed by atoms with Crippen LogP contribution in [-0.4, -0.2) is 37.9 Å². The Morgan fingerprint density at radius 2 is 2.19 bits per heavy atom. The number of methoxy groups -OCH3 is 1. The third-order valence-corrected chi connectivity index (χ3v) is 6.32. The van der Waals surface area contributed by atoms with Crippen molar-refractivity contribution in [2.75, 3.05) is 26.9 Å². The van der Waals surface area contributed by atoms with Gasteiger partial charge in [-0.15, -0.1) is 11.3 Å². The number of hydrogen-bond acceptors (Lipinski definition) is 6. The first-order chi connectivity index (χ1) is 12.7. The van der Waals surface area contributed by atoms with Crippen LogP contribution in [0.3, 0.4) is 0 Å². The van der Waals surface area contributed by atoms with E-state index in [0.717, 1.165) is 30.2 Å². The maximum Gasteiger partial charge on any atom is 0.338 e. The summed E-state index contributed by atoms with van der Waals surface area (Å²) in [6.07, 6.45) is 6.80. The molecule has 1 aromatic heterocycles. The van der Waals surface area contributed by atoms with Gasteiger partial charge in [0.2, 0.25) is 0 Å². The summed E-state index contributed by atoms with van der Waals surface area (Å²) in [5.74, 6) is 1.38. The molecule has 1 aliphatic carbocycles. The highest BCUT2D eigenvalue weighted by atomic mass is 32.1. The van der Waals surface area contributed by atoms with Gasteiger partial charge in [0.25, 0.3) is 0 Å². The molecule has 1 aliphatic heterocycles. The van der Waals surface area contributed by atoms with E-state index in [4.69, 9.17) is 14.2 Å². The summed E-state index contributed by atoms with van der Waals surface area (Å²) in [5, 5.41) is 0.923. The molecule has 0 spiro atoms. The van der Waals surface area contributed by atoms with Gasteiger partial charge in [-0.3, -0.25) is 0 Å². The third kappa shape index (κ3) is 3.76. The van der Waals surface area contributed by atoms with Gasteiger partial charge >= 0.3 is 5.97 Å². The van der Waals surface area contributed by atoms with Crippen LogP contribution in [0, 0.1) is 5.92 Å². The minimum absolute atomic E-state index is 0.364. The van der Waals surface area contributed by atoms with E-state index in [1.165, 1.54) is 31.2 Å². The lowest BCUT2D eigenvalue weighted by Gasteiger charge is -2.23. The molecular formula is C20H23NO4S. The summed E-state index contributed by atoms with van der Waals surface area (Å²) in [7, 11) is 1.39. The van der Waals surface area contributed by atoms with E-state index in [9.17, 15) is 4.79 Å². The van der Waals surface area contributed by atoms with Crippen LogP contribution in [0.5, 0.6) is 5.75 Å². The summed E-state index contributed by atoms with van der Waals surface area (Å²) < 4.78 is 16.3. The smallest absolute Gasteiger partial charge is 0.338 e. The molecule has 2 aliphatic rings. The fraction of sp³-hybridized carbons (Fsp3) is 0.500. The highest BCUT2D eigenvalue weighted by molar-refractivity contribution is 7.15. The van der Waals surface area contributed by atoms with Crippen molar-refractivity contribution in [1.82, 2.24) is 4.98 Å². The van der Waals surface area contributed by atoms with E-state index in [1.807, 2.05) is 18.3 Å². The minimum Gasteiger partial charge on any atom is -0.493 e. The summed E-state index contributed by atoms with van der Waals surface area (Å²) in [5.41, 5.74) is 1.39. The third-order valence-electron chi connectivity index (χ3n) is 5.12. The van der Waals surface area contributed by atoms with Crippen LogP contribution in [0.4, 0.5) is 0 Å². The van der Waals surface area contributed by atoms with Gasteiger partial charge in [-0.2, -0.15) is 0 Å². The zero-order valence-electron chi connectivity index (χ0n) is 14.9. The van der Waals surface area contributed by atoms with Gasteiger partial charge in [0.05, 0.1) is 25.9 Å². The Morgan fingerprint density at radius 1 is 1.31 bits per heavy atom. The SMILES string of the molecule is COC(=O)c1cc(OC[C@H]2CCOC2)cc(-c2ncc(C3CCC3)s2)c1. The second-order valence-corrected chi connectivity index (χ2v) is 8.04. The quantitative estimate of drug-likeness (QED) is 0.708. The number of hydrogen-bond donors (Lipinski definition) is 0. The number of nitrogens with zero attached hydrogens (tertiary/aromatic N) is 1. The van der Waals surface area contributed by atoms with Crippen molar-refractivity contribution in [3.05, 3.63) is 34.8 Å². The van der Waals surface area contributed by atoms with Crippen molar-refractivity contribution in [2.24, 2.45) is 5.92 Å². The van der Waals surface area contributed by atoms with Crippen LogP contribution in [0.2, 0.25) is 0 Å². The summed E-state index contributed by atoms with van der Waals surface area (Å²) in [6.45, 7) is 2.13. The van der Waals surface area contributed by atoms with Gasteiger partial charge < -0.3 is 14.2 Å². The van der Waals surface area contributed by atoms with Gasteiger partial charge in [-0.1, -0.05) is 6.42 Å². The lowest BCUT2D eigenvalue weighted by molar-refractivity contribution is 0.0600. The summed E-state index contributed by atoms with van der Waals surface area (Å²) in [4.78, 5) is 18.0. The molecule has 1 saturated carbocycles. The fourth-order valence-corrected chi connectivity index (χ4v) is 4.34. The fourth-order valence-electron chi connectivity index (χ4n) is 3.27. The number of carbonyl (C=O) groups is 1. The highest BCUT2D eigenvalue weighted by Gasteiger charge is 2.23. The van der Waals surface area contributed by atoms with Crippen molar-refractivity contribution >= 4 is 17.3 Å². The molecule has 1 saturated heterocycles. The Morgan fingerprint density at radius 3 is 2.88 bits per heavy atom. The molecule has 1 aromatic carbocycles. The average Bonchev–Trinajstić information content (AvgIpc) is 3.29. The Balaban J connectivity index is 1.58. The minimum atomic E-state index is -0.364. The molecule has 26 heavy (non-hydrogen) atoms. The molecule has 0 N–H and O–H groups in total. The van der Waals surface area contributed by atoms with Gasteiger partial charge in [-0.25, -0.2) is 9.78 Å². The van der Waals surface area contributed by atoms with E-state index in [1.54, 1.807) is 17.4 Å². The molecule has 0 unspecified atom stereocenters. The zero-order chi connectivity index (χ0) is 17.9. The molecule has 2 aromatic rings. The van der Waals surface area contributed by atoms with E-state index in [-0.39, 0.29) is 5.97 Å². The Labute approximate surface area is 157 Å². The largest absolute Gasteiger partial charge is 0.493 e. The van der Waals surface area contributed by atoms with Crippen LogP contribution >= 0.6 is 11.3 Å². The Bertz CT molecular complexity index is 778.